The van der Waals surface area contributed by atoms with E-state index in [2.05, 4.69) is 10.6 Å². The van der Waals surface area contributed by atoms with E-state index in [1.165, 1.54) is 21.1 Å². The molecule has 0 aromatic heterocycles. The van der Waals surface area contributed by atoms with Crippen molar-refractivity contribution in [1.82, 2.24) is 0 Å². The number of halogens is 3. The molecule has 1 atom stereocenters. The van der Waals surface area contributed by atoms with Gasteiger partial charge in [-0.25, -0.2) is 0 Å². The molecule has 0 aliphatic rings. The number of amides is 1. The number of nitro groups is 1. The van der Waals surface area contributed by atoms with Crippen molar-refractivity contribution in [2.24, 2.45) is 0 Å². The van der Waals surface area contributed by atoms with Crippen molar-refractivity contribution in [2.75, 3.05) is 24.9 Å². The fourth-order valence-corrected chi connectivity index (χ4v) is 2.45. The lowest BCUT2D eigenvalue weighted by molar-refractivity contribution is -0.385. The molecular weight excluding hydrogens is 395 g/mol. The van der Waals surface area contributed by atoms with E-state index in [1.54, 1.807) is 18.2 Å². The standard InChI is InChI=1S/C18H18F3N3O5/c1-10(22-15-7-5-12(28-2)9-16(15)29-3)17(25)23-14-6-4-11(24(26)27)8-13(14)18(19,20)21/h4-10,22H,1-3H3,(H,23,25)/t10-/m1/s1. The van der Waals surface area contributed by atoms with E-state index in [9.17, 15) is 28.1 Å². The summed E-state index contributed by atoms with van der Waals surface area (Å²) in [5.74, 6) is 0.114. The SMILES string of the molecule is COc1ccc(N[C@H](C)C(=O)Nc2ccc([N+](=O)[O-])cc2C(F)(F)F)c(OC)c1. The van der Waals surface area contributed by atoms with E-state index < -0.39 is 40.0 Å². The van der Waals surface area contributed by atoms with Crippen LogP contribution in [0.25, 0.3) is 0 Å². The van der Waals surface area contributed by atoms with Crippen LogP contribution in [0.15, 0.2) is 36.4 Å². The number of hydrogen-bond acceptors (Lipinski definition) is 6. The maximum absolute atomic E-state index is 13.2. The van der Waals surface area contributed by atoms with Crippen LogP contribution in [0.1, 0.15) is 12.5 Å². The first kappa shape index (κ1) is 21.8. The largest absolute Gasteiger partial charge is 0.497 e. The maximum atomic E-state index is 13.2. The molecule has 0 bridgehead atoms. The molecule has 2 rings (SSSR count). The Hall–Kier alpha value is -3.50. The molecule has 0 radical (unpaired) electrons. The zero-order chi connectivity index (χ0) is 21.8. The van der Waals surface area contributed by atoms with Gasteiger partial charge in [0.15, 0.2) is 0 Å². The van der Waals surface area contributed by atoms with Gasteiger partial charge in [0.1, 0.15) is 17.5 Å². The Labute approximate surface area is 163 Å². The van der Waals surface area contributed by atoms with Crippen molar-refractivity contribution in [3.05, 3.63) is 52.1 Å². The Morgan fingerprint density at radius 1 is 1.10 bits per heavy atom. The number of hydrogen-bond donors (Lipinski definition) is 2. The molecule has 0 fully saturated rings. The van der Waals surface area contributed by atoms with Gasteiger partial charge in [0.25, 0.3) is 5.69 Å². The van der Waals surface area contributed by atoms with Gasteiger partial charge in [-0.2, -0.15) is 13.2 Å². The summed E-state index contributed by atoms with van der Waals surface area (Å²) in [5, 5.41) is 15.7. The number of alkyl halides is 3. The van der Waals surface area contributed by atoms with Crippen molar-refractivity contribution in [1.29, 1.82) is 0 Å². The van der Waals surface area contributed by atoms with Crippen molar-refractivity contribution in [2.45, 2.75) is 19.1 Å². The predicted octanol–water partition coefficient (Wildman–Crippen LogP) is 4.07. The van der Waals surface area contributed by atoms with Gasteiger partial charge in [-0.1, -0.05) is 0 Å². The van der Waals surface area contributed by atoms with Crippen molar-refractivity contribution in [3.8, 4) is 11.5 Å². The van der Waals surface area contributed by atoms with Crippen molar-refractivity contribution < 1.29 is 32.4 Å². The van der Waals surface area contributed by atoms with Gasteiger partial charge in [0.2, 0.25) is 5.91 Å². The first-order valence-corrected chi connectivity index (χ1v) is 8.22. The summed E-state index contributed by atoms with van der Waals surface area (Å²) >= 11 is 0. The molecule has 8 nitrogen and oxygen atoms in total. The molecular formula is C18H18F3N3O5. The minimum atomic E-state index is -4.88. The number of methoxy groups -OCH3 is 2. The summed E-state index contributed by atoms with van der Waals surface area (Å²) in [6.07, 6.45) is -4.88. The van der Waals surface area contributed by atoms with Crippen LogP contribution in [0, 0.1) is 10.1 Å². The normalized spacial score (nSPS) is 12.1. The third-order valence-corrected chi connectivity index (χ3v) is 3.95. The summed E-state index contributed by atoms with van der Waals surface area (Å²) in [4.78, 5) is 22.2. The van der Waals surface area contributed by atoms with Crippen LogP contribution in [0.3, 0.4) is 0 Å². The molecule has 0 saturated heterocycles. The lowest BCUT2D eigenvalue weighted by Gasteiger charge is -2.19. The molecule has 2 aromatic carbocycles. The second kappa shape index (κ2) is 8.67. The second-order valence-corrected chi connectivity index (χ2v) is 5.91. The van der Waals surface area contributed by atoms with Crippen LogP contribution >= 0.6 is 0 Å². The van der Waals surface area contributed by atoms with Crippen molar-refractivity contribution >= 4 is 23.0 Å². The third-order valence-electron chi connectivity index (χ3n) is 3.95. The van der Waals surface area contributed by atoms with E-state index in [0.717, 1.165) is 12.1 Å². The van der Waals surface area contributed by atoms with Gasteiger partial charge in [-0.15, -0.1) is 0 Å². The average Bonchev–Trinajstić information content (AvgIpc) is 2.67. The number of nitrogens with zero attached hydrogens (tertiary/aromatic N) is 1. The van der Waals surface area contributed by atoms with E-state index in [0.29, 0.717) is 23.3 Å². The highest BCUT2D eigenvalue weighted by molar-refractivity contribution is 5.97. The van der Waals surface area contributed by atoms with Gasteiger partial charge in [-0.3, -0.25) is 14.9 Å². The Balaban J connectivity index is 2.23. The van der Waals surface area contributed by atoms with Gasteiger partial charge in [0, 0.05) is 18.2 Å². The highest BCUT2D eigenvalue weighted by Gasteiger charge is 2.36. The molecule has 0 aliphatic carbocycles. The number of nitro benzene ring substituents is 1. The van der Waals surface area contributed by atoms with Crippen LogP contribution < -0.4 is 20.1 Å². The number of rotatable bonds is 7. The van der Waals surface area contributed by atoms with Gasteiger partial charge < -0.3 is 20.1 Å². The topological polar surface area (TPSA) is 103 Å². The average molecular weight is 413 g/mol. The van der Waals surface area contributed by atoms with Gasteiger partial charge >= 0.3 is 6.18 Å². The summed E-state index contributed by atoms with van der Waals surface area (Å²) < 4.78 is 50.0. The Morgan fingerprint density at radius 2 is 1.76 bits per heavy atom. The fourth-order valence-electron chi connectivity index (χ4n) is 2.45. The molecule has 0 aliphatic heterocycles. The van der Waals surface area contributed by atoms with Crippen LogP contribution in [0.2, 0.25) is 0 Å². The molecule has 156 valence electrons. The fraction of sp³-hybridized carbons (Fsp3) is 0.278. The number of carbonyl (C=O) groups is 1. The van der Waals surface area contributed by atoms with Crippen LogP contribution in [-0.4, -0.2) is 31.1 Å². The van der Waals surface area contributed by atoms with E-state index in [4.69, 9.17) is 9.47 Å². The molecule has 2 aromatic rings. The monoisotopic (exact) mass is 413 g/mol. The third kappa shape index (κ3) is 5.27. The Bertz CT molecular complexity index is 918. The van der Waals surface area contributed by atoms with Crippen LogP contribution in [0.5, 0.6) is 11.5 Å². The molecule has 29 heavy (non-hydrogen) atoms. The predicted molar refractivity (Wildman–Crippen MR) is 99.4 cm³/mol. The lowest BCUT2D eigenvalue weighted by Crippen LogP contribution is -2.32. The Morgan fingerprint density at radius 3 is 2.31 bits per heavy atom. The van der Waals surface area contributed by atoms with Crippen LogP contribution in [0.4, 0.5) is 30.2 Å². The molecule has 11 heteroatoms. The molecule has 0 saturated carbocycles. The quantitative estimate of drug-likeness (QED) is 0.524. The number of carbonyl (C=O) groups excluding carboxylic acids is 1. The van der Waals surface area contributed by atoms with Crippen LogP contribution in [-0.2, 0) is 11.0 Å². The lowest BCUT2D eigenvalue weighted by atomic mass is 10.1. The summed E-state index contributed by atoms with van der Waals surface area (Å²) in [6, 6.07) is 5.94. The zero-order valence-electron chi connectivity index (χ0n) is 15.7. The first-order valence-electron chi connectivity index (χ1n) is 8.22. The van der Waals surface area contributed by atoms with Gasteiger partial charge in [0.05, 0.1) is 36.1 Å². The van der Waals surface area contributed by atoms with Gasteiger partial charge in [-0.05, 0) is 25.1 Å². The number of benzene rings is 2. The minimum absolute atomic E-state index is 0.371. The minimum Gasteiger partial charge on any atom is -0.497 e. The van der Waals surface area contributed by atoms with E-state index >= 15 is 0 Å². The summed E-state index contributed by atoms with van der Waals surface area (Å²) in [6.45, 7) is 1.44. The second-order valence-electron chi connectivity index (χ2n) is 5.91. The molecule has 0 spiro atoms. The number of nitrogens with one attached hydrogen (secondary N) is 2. The number of anilines is 2. The number of non-ortho nitro benzene ring substituents is 1. The van der Waals surface area contributed by atoms with Crippen molar-refractivity contribution in [3.63, 3.8) is 0 Å². The smallest absolute Gasteiger partial charge is 0.418 e. The molecule has 1 amide bonds. The molecule has 2 N–H and O–H groups in total. The highest BCUT2D eigenvalue weighted by Crippen LogP contribution is 2.37. The zero-order valence-corrected chi connectivity index (χ0v) is 15.7. The first-order chi connectivity index (χ1) is 13.6. The summed E-state index contributed by atoms with van der Waals surface area (Å²) in [7, 11) is 2.89. The maximum Gasteiger partial charge on any atom is 0.418 e. The molecule has 0 heterocycles. The molecule has 0 unspecified atom stereocenters. The van der Waals surface area contributed by atoms with E-state index in [-0.39, 0.29) is 0 Å². The van der Waals surface area contributed by atoms with E-state index in [1.807, 2.05) is 0 Å². The Kier molecular flexibility index (Phi) is 6.52. The summed E-state index contributed by atoms with van der Waals surface area (Å²) in [5.41, 5.74) is -2.20. The number of ether oxygens (including phenoxy) is 2. The highest BCUT2D eigenvalue weighted by atomic mass is 19.4.